The Balaban J connectivity index is 1.69. The zero-order chi connectivity index (χ0) is 22.5. The second-order valence-corrected chi connectivity index (χ2v) is 9.07. The first-order valence-corrected chi connectivity index (χ1v) is 11.3. The molecule has 3 rings (SSSR count). The minimum absolute atomic E-state index is 0.00381. The van der Waals surface area contributed by atoms with Crippen molar-refractivity contribution in [3.63, 3.8) is 0 Å². The highest BCUT2D eigenvalue weighted by Crippen LogP contribution is 2.28. The Kier molecular flexibility index (Phi) is 7.37. The first-order valence-electron chi connectivity index (χ1n) is 11.3. The predicted molar refractivity (Wildman–Crippen MR) is 125 cm³/mol. The van der Waals surface area contributed by atoms with Gasteiger partial charge in [-0.15, -0.1) is 0 Å². The van der Waals surface area contributed by atoms with Crippen LogP contribution >= 0.6 is 0 Å². The van der Waals surface area contributed by atoms with E-state index in [1.165, 1.54) is 11.1 Å². The molecule has 0 spiro atoms. The molecule has 0 aromatic heterocycles. The summed E-state index contributed by atoms with van der Waals surface area (Å²) in [4.78, 5) is 27.3. The molecule has 1 fully saturated rings. The largest absolute Gasteiger partial charge is 0.346 e. The summed E-state index contributed by atoms with van der Waals surface area (Å²) in [7, 11) is 0. The Morgan fingerprint density at radius 1 is 1.03 bits per heavy atom. The topological polar surface area (TPSA) is 61.4 Å². The van der Waals surface area contributed by atoms with Gasteiger partial charge in [-0.1, -0.05) is 35.9 Å². The molecule has 0 aliphatic carbocycles. The van der Waals surface area contributed by atoms with Gasteiger partial charge in [0.05, 0.1) is 6.04 Å². The highest BCUT2D eigenvalue weighted by atomic mass is 16.2. The fourth-order valence-corrected chi connectivity index (χ4v) is 4.37. The van der Waals surface area contributed by atoms with Gasteiger partial charge in [-0.25, -0.2) is 4.79 Å². The van der Waals surface area contributed by atoms with Crippen LogP contribution in [0.1, 0.15) is 78.2 Å². The van der Waals surface area contributed by atoms with Gasteiger partial charge in [0, 0.05) is 30.6 Å². The number of nitrogens with zero attached hydrogens (tertiary/aromatic N) is 1. The van der Waals surface area contributed by atoms with Crippen LogP contribution in [0, 0.1) is 13.8 Å². The van der Waals surface area contributed by atoms with Crippen molar-refractivity contribution in [2.24, 2.45) is 0 Å². The first kappa shape index (κ1) is 22.9. The molecule has 1 saturated heterocycles. The molecule has 2 aromatic carbocycles. The molecule has 1 heterocycles. The molecular formula is C26H35N3O2. The number of rotatable bonds is 5. The van der Waals surface area contributed by atoms with Gasteiger partial charge in [0.2, 0.25) is 0 Å². The quantitative estimate of drug-likeness (QED) is 0.706. The van der Waals surface area contributed by atoms with Crippen LogP contribution in [0.4, 0.5) is 4.79 Å². The van der Waals surface area contributed by atoms with E-state index in [1.807, 2.05) is 43.9 Å². The first-order chi connectivity index (χ1) is 14.7. The smallest absolute Gasteiger partial charge is 0.317 e. The van der Waals surface area contributed by atoms with Gasteiger partial charge in [-0.3, -0.25) is 4.79 Å². The van der Waals surface area contributed by atoms with E-state index in [2.05, 4.69) is 48.7 Å². The lowest BCUT2D eigenvalue weighted by Gasteiger charge is -2.33. The van der Waals surface area contributed by atoms with Crippen LogP contribution in [0.5, 0.6) is 0 Å². The maximum absolute atomic E-state index is 12.9. The Labute approximate surface area is 186 Å². The molecule has 0 radical (unpaired) electrons. The van der Waals surface area contributed by atoms with Crippen LogP contribution in [0.15, 0.2) is 42.5 Å². The van der Waals surface area contributed by atoms with E-state index in [4.69, 9.17) is 0 Å². The molecule has 0 bridgehead atoms. The SMILES string of the molecule is Cc1ccc(C(C)NC(=O)c2cccc(C3CCCN(C(=O)NC(C)C)C3)c2)c(C)c1. The van der Waals surface area contributed by atoms with Gasteiger partial charge in [-0.2, -0.15) is 0 Å². The third-order valence-corrected chi connectivity index (χ3v) is 5.98. The number of benzene rings is 2. The summed E-state index contributed by atoms with van der Waals surface area (Å²) in [5, 5.41) is 6.12. The van der Waals surface area contributed by atoms with Crippen LogP contribution in [-0.4, -0.2) is 36.0 Å². The standard InChI is InChI=1S/C26H35N3O2/c1-17(2)27-26(31)29-13-7-10-23(16-29)21-8-6-9-22(15-21)25(30)28-20(5)24-12-11-18(3)14-19(24)4/h6,8-9,11-12,14-15,17,20,23H,7,10,13,16H2,1-5H3,(H,27,31)(H,28,30). The third-order valence-electron chi connectivity index (χ3n) is 5.98. The third kappa shape index (κ3) is 5.87. The van der Waals surface area contributed by atoms with Crippen molar-refractivity contribution in [1.82, 2.24) is 15.5 Å². The van der Waals surface area contributed by atoms with Gasteiger partial charge in [0.1, 0.15) is 0 Å². The Bertz CT molecular complexity index is 938. The van der Waals surface area contributed by atoms with Crippen molar-refractivity contribution in [3.8, 4) is 0 Å². The maximum Gasteiger partial charge on any atom is 0.317 e. The predicted octanol–water partition coefficient (Wildman–Crippen LogP) is 5.09. The van der Waals surface area contributed by atoms with Gasteiger partial charge in [-0.05, 0) is 76.3 Å². The van der Waals surface area contributed by atoms with Crippen LogP contribution in [-0.2, 0) is 0 Å². The summed E-state index contributed by atoms with van der Waals surface area (Å²) >= 11 is 0. The minimum atomic E-state index is -0.0699. The molecule has 166 valence electrons. The van der Waals surface area contributed by atoms with Crippen molar-refractivity contribution in [3.05, 3.63) is 70.3 Å². The van der Waals surface area contributed by atoms with Gasteiger partial charge in [0.25, 0.3) is 5.91 Å². The van der Waals surface area contributed by atoms with E-state index >= 15 is 0 Å². The van der Waals surface area contributed by atoms with Crippen molar-refractivity contribution in [2.75, 3.05) is 13.1 Å². The van der Waals surface area contributed by atoms with E-state index < -0.39 is 0 Å². The summed E-state index contributed by atoms with van der Waals surface area (Å²) in [6, 6.07) is 14.2. The number of nitrogens with one attached hydrogen (secondary N) is 2. The summed E-state index contributed by atoms with van der Waals surface area (Å²) in [6.07, 6.45) is 1.99. The summed E-state index contributed by atoms with van der Waals surface area (Å²) in [5.41, 5.74) is 5.32. The molecule has 1 aliphatic heterocycles. The molecule has 5 nitrogen and oxygen atoms in total. The maximum atomic E-state index is 12.9. The van der Waals surface area contributed by atoms with Gasteiger partial charge < -0.3 is 15.5 Å². The zero-order valence-corrected chi connectivity index (χ0v) is 19.4. The Hall–Kier alpha value is -2.82. The van der Waals surface area contributed by atoms with Crippen LogP contribution in [0.25, 0.3) is 0 Å². The Morgan fingerprint density at radius 2 is 1.81 bits per heavy atom. The van der Waals surface area contributed by atoms with Gasteiger partial charge >= 0.3 is 6.03 Å². The highest BCUT2D eigenvalue weighted by molar-refractivity contribution is 5.94. The average molecular weight is 422 g/mol. The number of piperidine rings is 1. The highest BCUT2D eigenvalue weighted by Gasteiger charge is 2.25. The molecule has 2 unspecified atom stereocenters. The molecule has 2 aromatic rings. The molecular weight excluding hydrogens is 386 g/mol. The van der Waals surface area contributed by atoms with E-state index in [0.717, 1.165) is 30.5 Å². The zero-order valence-electron chi connectivity index (χ0n) is 19.4. The number of amides is 3. The van der Waals surface area contributed by atoms with E-state index in [-0.39, 0.29) is 29.9 Å². The molecule has 0 saturated carbocycles. The monoisotopic (exact) mass is 421 g/mol. The molecule has 2 atom stereocenters. The summed E-state index contributed by atoms with van der Waals surface area (Å²) < 4.78 is 0. The number of urea groups is 1. The van der Waals surface area contributed by atoms with Crippen LogP contribution < -0.4 is 10.6 Å². The van der Waals surface area contributed by atoms with Crippen LogP contribution in [0.2, 0.25) is 0 Å². The lowest BCUT2D eigenvalue weighted by Crippen LogP contribution is -2.47. The lowest BCUT2D eigenvalue weighted by atomic mass is 9.89. The molecule has 1 aliphatic rings. The number of carbonyl (C=O) groups is 2. The second kappa shape index (κ2) is 9.99. The normalized spacial score (nSPS) is 17.4. The summed E-state index contributed by atoms with van der Waals surface area (Å²) in [5.74, 6) is 0.177. The number of aryl methyl sites for hydroxylation is 2. The minimum Gasteiger partial charge on any atom is -0.346 e. The number of likely N-dealkylation sites (tertiary alicyclic amines) is 1. The average Bonchev–Trinajstić information content (AvgIpc) is 2.73. The molecule has 5 heteroatoms. The van der Waals surface area contributed by atoms with E-state index in [1.54, 1.807) is 0 Å². The molecule has 3 amide bonds. The second-order valence-electron chi connectivity index (χ2n) is 9.07. The van der Waals surface area contributed by atoms with Crippen molar-refractivity contribution in [1.29, 1.82) is 0 Å². The van der Waals surface area contributed by atoms with Crippen molar-refractivity contribution >= 4 is 11.9 Å². The van der Waals surface area contributed by atoms with E-state index in [0.29, 0.717) is 12.1 Å². The fraction of sp³-hybridized carbons (Fsp3) is 0.462. The molecule has 31 heavy (non-hydrogen) atoms. The lowest BCUT2D eigenvalue weighted by molar-refractivity contribution is 0.0939. The fourth-order valence-electron chi connectivity index (χ4n) is 4.37. The van der Waals surface area contributed by atoms with E-state index in [9.17, 15) is 9.59 Å². The number of hydrogen-bond acceptors (Lipinski definition) is 2. The van der Waals surface area contributed by atoms with Crippen LogP contribution in [0.3, 0.4) is 0 Å². The number of hydrogen-bond donors (Lipinski definition) is 2. The number of carbonyl (C=O) groups excluding carboxylic acids is 2. The van der Waals surface area contributed by atoms with Crippen molar-refractivity contribution in [2.45, 2.75) is 65.5 Å². The summed E-state index contributed by atoms with van der Waals surface area (Å²) in [6.45, 7) is 11.6. The van der Waals surface area contributed by atoms with Crippen molar-refractivity contribution < 1.29 is 9.59 Å². The molecule has 2 N–H and O–H groups in total. The Morgan fingerprint density at radius 3 is 2.52 bits per heavy atom. The van der Waals surface area contributed by atoms with Gasteiger partial charge in [0.15, 0.2) is 0 Å².